The number of aliphatic hydroxyl groups is 1. The molecular formula is C16H16N2O2. The molecule has 1 atom stereocenters. The summed E-state index contributed by atoms with van der Waals surface area (Å²) in [6.07, 6.45) is 2.95. The lowest BCUT2D eigenvalue weighted by atomic mass is 10.1. The van der Waals surface area contributed by atoms with Crippen LogP contribution in [0.5, 0.6) is 5.75 Å². The van der Waals surface area contributed by atoms with Gasteiger partial charge in [-0.3, -0.25) is 0 Å². The maximum Gasteiger partial charge on any atom is 0.137 e. The second-order valence-electron chi connectivity index (χ2n) is 4.51. The van der Waals surface area contributed by atoms with Crippen LogP contribution in [-0.4, -0.2) is 21.1 Å². The summed E-state index contributed by atoms with van der Waals surface area (Å²) in [6, 6.07) is 13.3. The Morgan fingerprint density at radius 2 is 2.00 bits per heavy atom. The summed E-state index contributed by atoms with van der Waals surface area (Å²) in [5.41, 5.74) is 2.16. The van der Waals surface area contributed by atoms with E-state index in [2.05, 4.69) is 4.98 Å². The van der Waals surface area contributed by atoms with Gasteiger partial charge in [0.05, 0.1) is 12.3 Å². The molecule has 0 aliphatic carbocycles. The van der Waals surface area contributed by atoms with Crippen LogP contribution in [0.15, 0.2) is 54.9 Å². The highest BCUT2D eigenvalue weighted by Crippen LogP contribution is 2.29. The molecule has 2 aromatic heterocycles. The second kappa shape index (κ2) is 5.35. The monoisotopic (exact) mass is 268 g/mol. The minimum atomic E-state index is -0.794. The van der Waals surface area contributed by atoms with Crippen molar-refractivity contribution in [2.45, 2.75) is 13.0 Å². The number of ether oxygens (including phenoxy) is 1. The Kier molecular flexibility index (Phi) is 3.39. The van der Waals surface area contributed by atoms with E-state index in [1.54, 1.807) is 0 Å². The van der Waals surface area contributed by atoms with Gasteiger partial charge in [0.2, 0.25) is 0 Å². The summed E-state index contributed by atoms with van der Waals surface area (Å²) in [5, 5.41) is 10.5. The number of nitrogens with zero attached hydrogens (tertiary/aromatic N) is 2. The molecule has 1 N–H and O–H groups in total. The van der Waals surface area contributed by atoms with E-state index in [0.29, 0.717) is 18.1 Å². The van der Waals surface area contributed by atoms with Crippen LogP contribution in [0, 0.1) is 0 Å². The van der Waals surface area contributed by atoms with Gasteiger partial charge in [0.25, 0.3) is 0 Å². The quantitative estimate of drug-likeness (QED) is 0.791. The number of para-hydroxylation sites is 1. The number of pyridine rings is 1. The van der Waals surface area contributed by atoms with Gasteiger partial charge >= 0.3 is 0 Å². The molecule has 1 unspecified atom stereocenters. The van der Waals surface area contributed by atoms with Gasteiger partial charge < -0.3 is 14.2 Å². The minimum Gasteiger partial charge on any atom is -0.493 e. The average molecular weight is 268 g/mol. The number of rotatable bonds is 4. The summed E-state index contributed by atoms with van der Waals surface area (Å²) in [6.45, 7) is 2.49. The molecular weight excluding hydrogens is 252 g/mol. The third-order valence-corrected chi connectivity index (χ3v) is 3.18. The van der Waals surface area contributed by atoms with E-state index >= 15 is 0 Å². The molecule has 0 aliphatic rings. The largest absolute Gasteiger partial charge is 0.493 e. The summed E-state index contributed by atoms with van der Waals surface area (Å²) < 4.78 is 7.45. The zero-order valence-electron chi connectivity index (χ0n) is 11.2. The first-order valence-corrected chi connectivity index (χ1v) is 6.63. The number of fused-ring (bicyclic) bond motifs is 1. The van der Waals surface area contributed by atoms with E-state index in [1.165, 1.54) is 0 Å². The second-order valence-corrected chi connectivity index (χ2v) is 4.51. The van der Waals surface area contributed by atoms with E-state index in [4.69, 9.17) is 4.74 Å². The summed E-state index contributed by atoms with van der Waals surface area (Å²) in [7, 11) is 0. The van der Waals surface area contributed by atoms with Crippen molar-refractivity contribution in [2.24, 2.45) is 0 Å². The average Bonchev–Trinajstić information content (AvgIpc) is 2.91. The summed E-state index contributed by atoms with van der Waals surface area (Å²) in [4.78, 5) is 4.45. The number of aromatic nitrogens is 2. The third-order valence-electron chi connectivity index (χ3n) is 3.18. The first kappa shape index (κ1) is 12.7. The highest BCUT2D eigenvalue weighted by molar-refractivity contribution is 5.44. The fraction of sp³-hybridized carbons (Fsp3) is 0.188. The van der Waals surface area contributed by atoms with Gasteiger partial charge in [-0.1, -0.05) is 24.3 Å². The van der Waals surface area contributed by atoms with E-state index in [0.717, 1.165) is 11.2 Å². The molecule has 4 heteroatoms. The Bertz CT molecular complexity index is 688. The lowest BCUT2D eigenvalue weighted by molar-refractivity contribution is 0.208. The molecule has 0 saturated heterocycles. The molecule has 0 aliphatic heterocycles. The van der Waals surface area contributed by atoms with Crippen molar-refractivity contribution < 1.29 is 9.84 Å². The Hall–Kier alpha value is -2.33. The molecule has 102 valence electrons. The number of aliphatic hydroxyl groups excluding tert-OH is 1. The molecule has 0 spiro atoms. The molecule has 0 bridgehead atoms. The minimum absolute atomic E-state index is 0.564. The lowest BCUT2D eigenvalue weighted by Gasteiger charge is -2.13. The molecule has 3 aromatic rings. The van der Waals surface area contributed by atoms with Crippen LogP contribution < -0.4 is 4.74 Å². The zero-order valence-corrected chi connectivity index (χ0v) is 11.2. The normalized spacial score (nSPS) is 12.5. The Balaban J connectivity index is 2.01. The fourth-order valence-corrected chi connectivity index (χ4v) is 2.24. The smallest absolute Gasteiger partial charge is 0.137 e. The molecule has 20 heavy (non-hydrogen) atoms. The highest BCUT2D eigenvalue weighted by Gasteiger charge is 2.18. The predicted octanol–water partition coefficient (Wildman–Crippen LogP) is 2.81. The SMILES string of the molecule is CCOc1ccccc1C(O)c1cn2ccccc2n1. The van der Waals surface area contributed by atoms with Crippen LogP contribution in [0.3, 0.4) is 0 Å². The van der Waals surface area contributed by atoms with Crippen LogP contribution in [0.25, 0.3) is 5.65 Å². The number of imidazole rings is 1. The van der Waals surface area contributed by atoms with E-state index in [9.17, 15) is 5.11 Å². The van der Waals surface area contributed by atoms with Gasteiger partial charge in [-0.05, 0) is 25.1 Å². The molecule has 2 heterocycles. The van der Waals surface area contributed by atoms with Crippen molar-refractivity contribution in [3.05, 3.63) is 66.1 Å². The van der Waals surface area contributed by atoms with Gasteiger partial charge in [0.15, 0.2) is 0 Å². The zero-order chi connectivity index (χ0) is 13.9. The maximum absolute atomic E-state index is 10.5. The van der Waals surface area contributed by atoms with E-state index < -0.39 is 6.10 Å². The van der Waals surface area contributed by atoms with Crippen LogP contribution in [0.1, 0.15) is 24.3 Å². The van der Waals surface area contributed by atoms with Crippen LogP contribution in [0.2, 0.25) is 0 Å². The highest BCUT2D eigenvalue weighted by atomic mass is 16.5. The first-order valence-electron chi connectivity index (χ1n) is 6.63. The Labute approximate surface area is 117 Å². The van der Waals surface area contributed by atoms with Crippen molar-refractivity contribution >= 4 is 5.65 Å². The number of hydrogen-bond acceptors (Lipinski definition) is 3. The Morgan fingerprint density at radius 3 is 2.80 bits per heavy atom. The topological polar surface area (TPSA) is 46.8 Å². The molecule has 4 nitrogen and oxygen atoms in total. The van der Waals surface area contributed by atoms with Crippen molar-refractivity contribution in [1.29, 1.82) is 0 Å². The van der Waals surface area contributed by atoms with Crippen molar-refractivity contribution in [3.63, 3.8) is 0 Å². The predicted molar refractivity (Wildman–Crippen MR) is 76.9 cm³/mol. The molecule has 0 amide bonds. The number of benzene rings is 1. The van der Waals surface area contributed by atoms with Gasteiger partial charge in [0, 0.05) is 18.0 Å². The fourth-order valence-electron chi connectivity index (χ4n) is 2.24. The number of hydrogen-bond donors (Lipinski definition) is 1. The molecule has 0 fully saturated rings. The summed E-state index contributed by atoms with van der Waals surface area (Å²) in [5.74, 6) is 0.694. The van der Waals surface area contributed by atoms with Crippen molar-refractivity contribution in [3.8, 4) is 5.75 Å². The van der Waals surface area contributed by atoms with Crippen LogP contribution in [-0.2, 0) is 0 Å². The van der Waals surface area contributed by atoms with Gasteiger partial charge in [-0.25, -0.2) is 4.98 Å². The molecule has 0 radical (unpaired) electrons. The van der Waals surface area contributed by atoms with Gasteiger partial charge in [-0.2, -0.15) is 0 Å². The van der Waals surface area contributed by atoms with Gasteiger partial charge in [0.1, 0.15) is 17.5 Å². The molecule has 1 aromatic carbocycles. The first-order chi connectivity index (χ1) is 9.79. The Morgan fingerprint density at radius 1 is 1.20 bits per heavy atom. The standard InChI is InChI=1S/C16H16N2O2/c1-2-20-14-8-4-3-7-12(14)16(19)13-11-18-10-6-5-9-15(18)17-13/h3-11,16,19H,2H2,1H3. The van der Waals surface area contributed by atoms with Crippen molar-refractivity contribution in [1.82, 2.24) is 9.38 Å². The molecule has 0 saturated carbocycles. The van der Waals surface area contributed by atoms with Crippen LogP contribution in [0.4, 0.5) is 0 Å². The van der Waals surface area contributed by atoms with E-state index in [1.807, 2.05) is 66.2 Å². The summed E-state index contributed by atoms with van der Waals surface area (Å²) >= 11 is 0. The van der Waals surface area contributed by atoms with E-state index in [-0.39, 0.29) is 0 Å². The van der Waals surface area contributed by atoms with Crippen molar-refractivity contribution in [2.75, 3.05) is 6.61 Å². The van der Waals surface area contributed by atoms with Crippen LogP contribution >= 0.6 is 0 Å². The maximum atomic E-state index is 10.5. The third kappa shape index (κ3) is 2.26. The lowest BCUT2D eigenvalue weighted by Crippen LogP contribution is -2.04. The molecule has 3 rings (SSSR count). The van der Waals surface area contributed by atoms with Gasteiger partial charge in [-0.15, -0.1) is 0 Å².